The van der Waals surface area contributed by atoms with Crippen LogP contribution < -0.4 is 14.8 Å². The van der Waals surface area contributed by atoms with Crippen molar-refractivity contribution < 1.29 is 14.6 Å². The van der Waals surface area contributed by atoms with Gasteiger partial charge in [0, 0.05) is 24.2 Å². The van der Waals surface area contributed by atoms with E-state index in [-0.39, 0.29) is 0 Å². The summed E-state index contributed by atoms with van der Waals surface area (Å²) in [6, 6.07) is 6.63. The van der Waals surface area contributed by atoms with E-state index in [1.165, 1.54) is 12.8 Å². The third kappa shape index (κ3) is 5.56. The van der Waals surface area contributed by atoms with E-state index in [1.54, 1.807) is 0 Å². The first-order valence-corrected chi connectivity index (χ1v) is 8.02. The highest BCUT2D eigenvalue weighted by Gasteiger charge is 2.20. The van der Waals surface area contributed by atoms with Gasteiger partial charge >= 0.3 is 0 Å². The number of hydrogen-bond donors (Lipinski definition) is 2. The molecule has 0 radical (unpaired) electrons. The fraction of sp³-hybridized carbons (Fsp3) is 0.647. The number of hydrogen-bond acceptors (Lipinski definition) is 4. The van der Waals surface area contributed by atoms with Crippen LogP contribution in [-0.2, 0) is 6.54 Å². The lowest BCUT2D eigenvalue weighted by molar-refractivity contribution is 0.103. The Kier molecular flexibility index (Phi) is 6.33. The minimum absolute atomic E-state index is 0.324. The van der Waals surface area contributed by atoms with Crippen LogP contribution in [0.15, 0.2) is 18.2 Å². The normalized spacial score (nSPS) is 15.8. The second kappa shape index (κ2) is 8.25. The molecular weight excluding hydrogens is 266 g/mol. The molecule has 2 rings (SSSR count). The Morgan fingerprint density at radius 2 is 2.10 bits per heavy atom. The van der Waals surface area contributed by atoms with Gasteiger partial charge in [-0.1, -0.05) is 19.9 Å². The van der Waals surface area contributed by atoms with Crippen LogP contribution in [0.5, 0.6) is 11.5 Å². The van der Waals surface area contributed by atoms with Gasteiger partial charge in [0.1, 0.15) is 18.1 Å². The summed E-state index contributed by atoms with van der Waals surface area (Å²) >= 11 is 0. The van der Waals surface area contributed by atoms with Crippen molar-refractivity contribution in [1.82, 2.24) is 5.32 Å². The summed E-state index contributed by atoms with van der Waals surface area (Å²) < 4.78 is 11.5. The predicted molar refractivity (Wildman–Crippen MR) is 83.9 cm³/mol. The van der Waals surface area contributed by atoms with Crippen molar-refractivity contribution in [2.75, 3.05) is 13.2 Å². The number of aliphatic hydroxyl groups excluding tert-OH is 1. The highest BCUT2D eigenvalue weighted by Crippen LogP contribution is 2.27. The summed E-state index contributed by atoms with van der Waals surface area (Å²) in [6.07, 6.45) is 3.79. The molecule has 0 amide bonds. The Labute approximate surface area is 127 Å². The van der Waals surface area contributed by atoms with Gasteiger partial charge in [-0.05, 0) is 31.7 Å². The maximum atomic E-state index is 9.68. The molecule has 1 saturated carbocycles. The lowest BCUT2D eigenvalue weighted by atomic mass is 10.2. The first-order chi connectivity index (χ1) is 10.2. The van der Waals surface area contributed by atoms with E-state index < -0.39 is 6.10 Å². The zero-order valence-electron chi connectivity index (χ0n) is 13.1. The third-order valence-electron chi connectivity index (χ3n) is 3.57. The number of aliphatic hydroxyl groups is 1. The maximum absolute atomic E-state index is 9.68. The van der Waals surface area contributed by atoms with Crippen molar-refractivity contribution in [3.63, 3.8) is 0 Å². The van der Waals surface area contributed by atoms with Crippen molar-refractivity contribution in [2.24, 2.45) is 0 Å². The standard InChI is InChI=1S/C17H27NO3/c1-3-9-20-16-8-5-13(11-18-14-6-7-14)17(10-16)21-12-15(19)4-2/h5,8,10,14-15,18-19H,3-4,6-7,9,11-12H2,1-2H3. The topological polar surface area (TPSA) is 50.7 Å². The van der Waals surface area contributed by atoms with E-state index >= 15 is 0 Å². The van der Waals surface area contributed by atoms with Gasteiger partial charge in [0.15, 0.2) is 0 Å². The van der Waals surface area contributed by atoms with E-state index in [2.05, 4.69) is 12.2 Å². The molecule has 0 saturated heterocycles. The number of ether oxygens (including phenoxy) is 2. The third-order valence-corrected chi connectivity index (χ3v) is 3.57. The van der Waals surface area contributed by atoms with Gasteiger partial charge in [0.2, 0.25) is 0 Å². The highest BCUT2D eigenvalue weighted by atomic mass is 16.5. The molecule has 1 aromatic carbocycles. The average Bonchev–Trinajstić information content (AvgIpc) is 3.33. The SMILES string of the molecule is CCCOc1ccc(CNC2CC2)c(OCC(O)CC)c1. The van der Waals surface area contributed by atoms with Gasteiger partial charge in [-0.25, -0.2) is 0 Å². The number of nitrogens with one attached hydrogen (secondary N) is 1. The summed E-state index contributed by atoms with van der Waals surface area (Å²) in [5.41, 5.74) is 1.12. The Hall–Kier alpha value is -1.26. The molecule has 21 heavy (non-hydrogen) atoms. The highest BCUT2D eigenvalue weighted by molar-refractivity contribution is 5.41. The van der Waals surface area contributed by atoms with Crippen molar-refractivity contribution in [3.8, 4) is 11.5 Å². The van der Waals surface area contributed by atoms with E-state index in [0.29, 0.717) is 25.7 Å². The van der Waals surface area contributed by atoms with Crippen LogP contribution in [-0.4, -0.2) is 30.5 Å². The van der Waals surface area contributed by atoms with Crippen LogP contribution in [0.2, 0.25) is 0 Å². The van der Waals surface area contributed by atoms with E-state index in [0.717, 1.165) is 30.0 Å². The molecule has 1 aliphatic rings. The molecule has 4 heteroatoms. The number of rotatable bonds is 10. The van der Waals surface area contributed by atoms with Crippen LogP contribution in [0.1, 0.15) is 45.1 Å². The first-order valence-electron chi connectivity index (χ1n) is 8.02. The Morgan fingerprint density at radius 1 is 1.29 bits per heavy atom. The fourth-order valence-electron chi connectivity index (χ4n) is 1.97. The molecule has 0 aliphatic heterocycles. The van der Waals surface area contributed by atoms with Gasteiger partial charge in [-0.2, -0.15) is 0 Å². The predicted octanol–water partition coefficient (Wildman–Crippen LogP) is 2.88. The molecule has 1 atom stereocenters. The summed E-state index contributed by atoms with van der Waals surface area (Å²) in [6.45, 7) is 5.87. The van der Waals surface area contributed by atoms with Gasteiger partial charge in [0.05, 0.1) is 12.7 Å². The largest absolute Gasteiger partial charge is 0.493 e. The molecule has 1 fully saturated rings. The second-order valence-corrected chi connectivity index (χ2v) is 5.65. The van der Waals surface area contributed by atoms with Gasteiger partial charge in [-0.15, -0.1) is 0 Å². The first kappa shape index (κ1) is 16.1. The van der Waals surface area contributed by atoms with Crippen LogP contribution >= 0.6 is 0 Å². The van der Waals surface area contributed by atoms with Gasteiger partial charge < -0.3 is 19.9 Å². The molecule has 2 N–H and O–H groups in total. The van der Waals surface area contributed by atoms with Gasteiger partial charge in [-0.3, -0.25) is 0 Å². The summed E-state index contributed by atoms with van der Waals surface area (Å²) in [5, 5.41) is 13.2. The minimum atomic E-state index is -0.422. The van der Waals surface area contributed by atoms with E-state index in [4.69, 9.17) is 9.47 Å². The smallest absolute Gasteiger partial charge is 0.127 e. The molecule has 0 heterocycles. The van der Waals surface area contributed by atoms with E-state index in [9.17, 15) is 5.11 Å². The van der Waals surface area contributed by atoms with Crippen molar-refractivity contribution >= 4 is 0 Å². The molecule has 0 spiro atoms. The Bertz CT molecular complexity index is 432. The summed E-state index contributed by atoms with van der Waals surface area (Å²) in [5.74, 6) is 1.64. The van der Waals surface area contributed by atoms with Crippen LogP contribution in [0.3, 0.4) is 0 Å². The monoisotopic (exact) mass is 293 g/mol. The quantitative estimate of drug-likeness (QED) is 0.696. The lowest BCUT2D eigenvalue weighted by Gasteiger charge is -2.16. The fourth-order valence-corrected chi connectivity index (χ4v) is 1.97. The summed E-state index contributed by atoms with van der Waals surface area (Å²) in [7, 11) is 0. The molecule has 1 aromatic rings. The number of benzene rings is 1. The van der Waals surface area contributed by atoms with Crippen LogP contribution in [0.4, 0.5) is 0 Å². The lowest BCUT2D eigenvalue weighted by Crippen LogP contribution is -2.19. The van der Waals surface area contributed by atoms with Crippen LogP contribution in [0.25, 0.3) is 0 Å². The maximum Gasteiger partial charge on any atom is 0.127 e. The molecule has 1 unspecified atom stereocenters. The molecule has 4 nitrogen and oxygen atoms in total. The molecular formula is C17H27NO3. The molecule has 0 bridgehead atoms. The zero-order valence-corrected chi connectivity index (χ0v) is 13.1. The van der Waals surface area contributed by atoms with Crippen LogP contribution in [0, 0.1) is 0 Å². The zero-order chi connectivity index (χ0) is 15.1. The minimum Gasteiger partial charge on any atom is -0.493 e. The molecule has 1 aliphatic carbocycles. The van der Waals surface area contributed by atoms with E-state index in [1.807, 2.05) is 25.1 Å². The summed E-state index contributed by atoms with van der Waals surface area (Å²) in [4.78, 5) is 0. The molecule has 0 aromatic heterocycles. The van der Waals surface area contributed by atoms with Gasteiger partial charge in [0.25, 0.3) is 0 Å². The average molecular weight is 293 g/mol. The van der Waals surface area contributed by atoms with Crippen molar-refractivity contribution in [2.45, 2.75) is 58.2 Å². The van der Waals surface area contributed by atoms with Crippen molar-refractivity contribution in [3.05, 3.63) is 23.8 Å². The second-order valence-electron chi connectivity index (χ2n) is 5.65. The molecule has 118 valence electrons. The Morgan fingerprint density at radius 3 is 2.76 bits per heavy atom. The van der Waals surface area contributed by atoms with Crippen molar-refractivity contribution in [1.29, 1.82) is 0 Å². The Balaban J connectivity index is 2.01.